The summed E-state index contributed by atoms with van der Waals surface area (Å²) in [5.74, 6) is 0. The molecule has 3 N–H and O–H groups in total. The highest BCUT2D eigenvalue weighted by molar-refractivity contribution is 4.84. The molecule has 0 aromatic carbocycles. The first-order valence-corrected chi connectivity index (χ1v) is 6.07. The molecule has 15 heavy (non-hydrogen) atoms. The molecule has 1 saturated carbocycles. The van der Waals surface area contributed by atoms with E-state index in [2.05, 4.69) is 19.2 Å². The zero-order valence-corrected chi connectivity index (χ0v) is 10.00. The lowest BCUT2D eigenvalue weighted by Crippen LogP contribution is -2.41. The van der Waals surface area contributed by atoms with Gasteiger partial charge < -0.3 is 15.5 Å². The van der Waals surface area contributed by atoms with Crippen molar-refractivity contribution in [1.29, 1.82) is 0 Å². The zero-order valence-electron chi connectivity index (χ0n) is 10.00. The number of nitrogens with one attached hydrogen (secondary N) is 1. The van der Waals surface area contributed by atoms with E-state index in [4.69, 9.17) is 5.11 Å². The Kier molecular flexibility index (Phi) is 5.03. The predicted octanol–water partition coefficient (Wildman–Crippen LogP) is 1.29. The zero-order chi connectivity index (χ0) is 11.3. The molecule has 0 aromatic rings. The highest BCUT2D eigenvalue weighted by Crippen LogP contribution is 2.24. The van der Waals surface area contributed by atoms with E-state index in [9.17, 15) is 5.11 Å². The van der Waals surface area contributed by atoms with Crippen molar-refractivity contribution < 1.29 is 10.2 Å². The van der Waals surface area contributed by atoms with Crippen LogP contribution in [0, 0.1) is 5.41 Å². The molecule has 2 unspecified atom stereocenters. The summed E-state index contributed by atoms with van der Waals surface area (Å²) in [5.41, 5.74) is 0.213. The van der Waals surface area contributed by atoms with Gasteiger partial charge in [0.15, 0.2) is 0 Å². The number of hydrogen-bond donors (Lipinski definition) is 3. The summed E-state index contributed by atoms with van der Waals surface area (Å²) < 4.78 is 0. The third-order valence-corrected chi connectivity index (χ3v) is 3.33. The lowest BCUT2D eigenvalue weighted by molar-refractivity contribution is 0.139. The molecule has 3 heteroatoms. The molecular weight excluding hydrogens is 190 g/mol. The van der Waals surface area contributed by atoms with Gasteiger partial charge in [-0.2, -0.15) is 0 Å². The lowest BCUT2D eigenvalue weighted by atomic mass is 9.87. The van der Waals surface area contributed by atoms with Gasteiger partial charge in [0, 0.05) is 19.2 Å². The molecule has 1 rings (SSSR count). The molecule has 1 aliphatic rings. The van der Waals surface area contributed by atoms with Gasteiger partial charge in [0.2, 0.25) is 0 Å². The van der Waals surface area contributed by atoms with Gasteiger partial charge in [-0.3, -0.25) is 0 Å². The smallest absolute Gasteiger partial charge is 0.0693 e. The molecule has 0 aromatic heterocycles. The molecule has 0 bridgehead atoms. The molecule has 0 aliphatic heterocycles. The fraction of sp³-hybridized carbons (Fsp3) is 1.00. The summed E-state index contributed by atoms with van der Waals surface area (Å²) in [7, 11) is 0. The van der Waals surface area contributed by atoms with Gasteiger partial charge in [0.25, 0.3) is 0 Å². The van der Waals surface area contributed by atoms with Gasteiger partial charge >= 0.3 is 0 Å². The summed E-state index contributed by atoms with van der Waals surface area (Å²) in [5, 5.41) is 21.9. The Labute approximate surface area is 92.9 Å². The maximum atomic E-state index is 9.66. The van der Waals surface area contributed by atoms with E-state index in [1.165, 1.54) is 0 Å². The van der Waals surface area contributed by atoms with Crippen LogP contribution < -0.4 is 5.32 Å². The number of aliphatic hydroxyl groups is 2. The topological polar surface area (TPSA) is 52.5 Å². The third kappa shape index (κ3) is 4.49. The standard InChI is InChI=1S/C12H25NO2/c1-12(2,7-4-8-14)9-13-10-5-3-6-11(10)15/h10-11,13-15H,3-9H2,1-2H3. The van der Waals surface area contributed by atoms with Crippen LogP contribution in [0.15, 0.2) is 0 Å². The second-order valence-electron chi connectivity index (χ2n) is 5.48. The highest BCUT2D eigenvalue weighted by atomic mass is 16.3. The van der Waals surface area contributed by atoms with Gasteiger partial charge in [0.05, 0.1) is 6.10 Å². The normalized spacial score (nSPS) is 27.2. The number of aliphatic hydroxyl groups excluding tert-OH is 2. The minimum absolute atomic E-state index is 0.154. The fourth-order valence-corrected chi connectivity index (χ4v) is 2.23. The Morgan fingerprint density at radius 2 is 2.07 bits per heavy atom. The molecule has 90 valence electrons. The first-order chi connectivity index (χ1) is 7.05. The van der Waals surface area contributed by atoms with Crippen LogP contribution in [-0.2, 0) is 0 Å². The van der Waals surface area contributed by atoms with Crippen molar-refractivity contribution in [2.24, 2.45) is 5.41 Å². The molecule has 0 heterocycles. The van der Waals surface area contributed by atoms with Crippen molar-refractivity contribution in [1.82, 2.24) is 5.32 Å². The lowest BCUT2D eigenvalue weighted by Gasteiger charge is -2.28. The summed E-state index contributed by atoms with van der Waals surface area (Å²) in [6.07, 6.45) is 4.90. The van der Waals surface area contributed by atoms with E-state index >= 15 is 0 Å². The van der Waals surface area contributed by atoms with Gasteiger partial charge in [-0.1, -0.05) is 13.8 Å². The molecule has 2 atom stereocenters. The van der Waals surface area contributed by atoms with Crippen LogP contribution >= 0.6 is 0 Å². The average Bonchev–Trinajstić information content (AvgIpc) is 2.58. The van der Waals surface area contributed by atoms with Crippen LogP contribution in [0.2, 0.25) is 0 Å². The number of rotatable bonds is 6. The van der Waals surface area contributed by atoms with E-state index in [1.54, 1.807) is 0 Å². The summed E-state index contributed by atoms with van der Waals surface area (Å²) >= 11 is 0. The largest absolute Gasteiger partial charge is 0.396 e. The van der Waals surface area contributed by atoms with Crippen LogP contribution in [0.4, 0.5) is 0 Å². The second kappa shape index (κ2) is 5.83. The minimum Gasteiger partial charge on any atom is -0.396 e. The van der Waals surface area contributed by atoms with Crippen LogP contribution in [0.3, 0.4) is 0 Å². The van der Waals surface area contributed by atoms with Crippen LogP contribution in [0.1, 0.15) is 46.0 Å². The Balaban J connectivity index is 2.22. The maximum absolute atomic E-state index is 9.66. The third-order valence-electron chi connectivity index (χ3n) is 3.33. The fourth-order valence-electron chi connectivity index (χ4n) is 2.23. The molecular formula is C12H25NO2. The van der Waals surface area contributed by atoms with E-state index in [1.807, 2.05) is 0 Å². The summed E-state index contributed by atoms with van der Waals surface area (Å²) in [6.45, 7) is 5.61. The average molecular weight is 215 g/mol. The van der Waals surface area contributed by atoms with Crippen molar-refractivity contribution in [3.63, 3.8) is 0 Å². The number of hydrogen-bond acceptors (Lipinski definition) is 3. The SMILES string of the molecule is CC(C)(CCCO)CNC1CCCC1O. The van der Waals surface area contributed by atoms with Gasteiger partial charge in [-0.25, -0.2) is 0 Å². The maximum Gasteiger partial charge on any atom is 0.0693 e. The minimum atomic E-state index is -0.154. The first kappa shape index (κ1) is 12.9. The highest BCUT2D eigenvalue weighted by Gasteiger charge is 2.26. The molecule has 0 amide bonds. The Hall–Kier alpha value is -0.120. The van der Waals surface area contributed by atoms with Crippen LogP contribution in [-0.4, -0.2) is 35.5 Å². The van der Waals surface area contributed by atoms with Crippen LogP contribution in [0.25, 0.3) is 0 Å². The Morgan fingerprint density at radius 3 is 2.60 bits per heavy atom. The van der Waals surface area contributed by atoms with Gasteiger partial charge in [-0.15, -0.1) is 0 Å². The van der Waals surface area contributed by atoms with Gasteiger partial charge in [0.1, 0.15) is 0 Å². The van der Waals surface area contributed by atoms with E-state index in [0.29, 0.717) is 6.04 Å². The van der Waals surface area contributed by atoms with Crippen molar-refractivity contribution >= 4 is 0 Å². The molecule has 0 spiro atoms. The summed E-state index contributed by atoms with van der Waals surface area (Å²) in [6, 6.07) is 0.290. The van der Waals surface area contributed by atoms with E-state index in [0.717, 1.165) is 38.6 Å². The second-order valence-corrected chi connectivity index (χ2v) is 5.48. The molecule has 0 saturated heterocycles. The van der Waals surface area contributed by atoms with Gasteiger partial charge in [-0.05, 0) is 37.5 Å². The first-order valence-electron chi connectivity index (χ1n) is 6.07. The van der Waals surface area contributed by atoms with Crippen molar-refractivity contribution in [2.75, 3.05) is 13.2 Å². The predicted molar refractivity (Wildman–Crippen MR) is 61.7 cm³/mol. The van der Waals surface area contributed by atoms with E-state index < -0.39 is 0 Å². The Morgan fingerprint density at radius 1 is 1.33 bits per heavy atom. The Bertz CT molecular complexity index is 182. The monoisotopic (exact) mass is 215 g/mol. The molecule has 3 nitrogen and oxygen atoms in total. The van der Waals surface area contributed by atoms with Crippen molar-refractivity contribution in [3.8, 4) is 0 Å². The molecule has 1 aliphatic carbocycles. The quantitative estimate of drug-likeness (QED) is 0.626. The van der Waals surface area contributed by atoms with E-state index in [-0.39, 0.29) is 18.1 Å². The van der Waals surface area contributed by atoms with Crippen LogP contribution in [0.5, 0.6) is 0 Å². The summed E-state index contributed by atoms with van der Waals surface area (Å²) in [4.78, 5) is 0. The van der Waals surface area contributed by atoms with Crippen molar-refractivity contribution in [2.45, 2.75) is 58.1 Å². The molecule has 1 fully saturated rings. The molecule has 0 radical (unpaired) electrons. The van der Waals surface area contributed by atoms with Crippen molar-refractivity contribution in [3.05, 3.63) is 0 Å².